The molecule has 1 aromatic rings. The molecule has 0 saturated heterocycles. The van der Waals surface area contributed by atoms with Gasteiger partial charge in [0.2, 0.25) is 0 Å². The van der Waals surface area contributed by atoms with Crippen molar-refractivity contribution >= 4 is 11.6 Å². The van der Waals surface area contributed by atoms with Crippen LogP contribution in [0.3, 0.4) is 0 Å². The average molecular weight is 257 g/mol. The van der Waals surface area contributed by atoms with E-state index >= 15 is 0 Å². The predicted octanol–water partition coefficient (Wildman–Crippen LogP) is 2.62. The molecular formula is C13H21ClN2O. The highest BCUT2D eigenvalue weighted by atomic mass is 35.5. The topological polar surface area (TPSA) is 45.1 Å². The number of pyridine rings is 1. The van der Waals surface area contributed by atoms with Crippen molar-refractivity contribution in [3.8, 4) is 0 Å². The highest BCUT2D eigenvalue weighted by Gasteiger charge is 2.19. The number of aliphatic hydroxyl groups is 1. The van der Waals surface area contributed by atoms with E-state index in [4.69, 9.17) is 11.6 Å². The van der Waals surface area contributed by atoms with E-state index < -0.39 is 0 Å². The lowest BCUT2D eigenvalue weighted by Gasteiger charge is -2.26. The molecule has 17 heavy (non-hydrogen) atoms. The van der Waals surface area contributed by atoms with Gasteiger partial charge >= 0.3 is 0 Å². The molecule has 1 rings (SSSR count). The summed E-state index contributed by atoms with van der Waals surface area (Å²) >= 11 is 5.72. The first-order valence-electron chi connectivity index (χ1n) is 5.88. The molecule has 0 aliphatic heterocycles. The van der Waals surface area contributed by atoms with E-state index in [1.165, 1.54) is 0 Å². The molecule has 0 aliphatic carbocycles. The summed E-state index contributed by atoms with van der Waals surface area (Å²) in [6, 6.07) is 3.75. The fraction of sp³-hybridized carbons (Fsp3) is 0.615. The van der Waals surface area contributed by atoms with Crippen LogP contribution < -0.4 is 5.32 Å². The molecule has 2 N–H and O–H groups in total. The van der Waals surface area contributed by atoms with Crippen LogP contribution in [0.25, 0.3) is 0 Å². The van der Waals surface area contributed by atoms with Crippen LogP contribution in [-0.2, 0) is 6.54 Å². The molecule has 0 bridgehead atoms. The van der Waals surface area contributed by atoms with Crippen LogP contribution >= 0.6 is 11.6 Å². The van der Waals surface area contributed by atoms with Gasteiger partial charge in [0.15, 0.2) is 0 Å². The standard InChI is InChI=1S/C13H21ClN2O/c1-10(17)6-13(2,3)9-15-7-11-4-5-12(14)16-8-11/h4-5,8,10,15,17H,6-7,9H2,1-3H3. The molecule has 0 saturated carbocycles. The Hall–Kier alpha value is -0.640. The van der Waals surface area contributed by atoms with Crippen molar-refractivity contribution in [1.29, 1.82) is 0 Å². The zero-order valence-corrected chi connectivity index (χ0v) is 11.5. The van der Waals surface area contributed by atoms with Crippen LogP contribution in [-0.4, -0.2) is 22.7 Å². The maximum atomic E-state index is 9.38. The fourth-order valence-corrected chi connectivity index (χ4v) is 2.04. The fourth-order valence-electron chi connectivity index (χ4n) is 1.93. The molecule has 0 aromatic carbocycles. The molecule has 96 valence electrons. The maximum absolute atomic E-state index is 9.38. The lowest BCUT2D eigenvalue weighted by molar-refractivity contribution is 0.128. The molecule has 0 radical (unpaired) electrons. The minimum absolute atomic E-state index is 0.0913. The van der Waals surface area contributed by atoms with E-state index in [1.54, 1.807) is 12.3 Å². The highest BCUT2D eigenvalue weighted by molar-refractivity contribution is 6.29. The Kier molecular flexibility index (Phi) is 5.37. The van der Waals surface area contributed by atoms with Crippen molar-refractivity contribution in [3.63, 3.8) is 0 Å². The van der Waals surface area contributed by atoms with Crippen molar-refractivity contribution < 1.29 is 5.11 Å². The second kappa shape index (κ2) is 6.34. The summed E-state index contributed by atoms with van der Waals surface area (Å²) in [5.74, 6) is 0. The number of nitrogens with one attached hydrogen (secondary N) is 1. The number of rotatable bonds is 6. The monoisotopic (exact) mass is 256 g/mol. The van der Waals surface area contributed by atoms with Crippen molar-refractivity contribution in [2.75, 3.05) is 6.54 Å². The van der Waals surface area contributed by atoms with Gasteiger partial charge in [0.05, 0.1) is 6.10 Å². The number of aromatic nitrogens is 1. The van der Waals surface area contributed by atoms with Gasteiger partial charge < -0.3 is 10.4 Å². The van der Waals surface area contributed by atoms with Gasteiger partial charge in [-0.3, -0.25) is 0 Å². The van der Waals surface area contributed by atoms with Crippen LogP contribution in [0.5, 0.6) is 0 Å². The SMILES string of the molecule is CC(O)CC(C)(C)CNCc1ccc(Cl)nc1. The Morgan fingerprint density at radius 1 is 1.47 bits per heavy atom. The van der Waals surface area contributed by atoms with Crippen molar-refractivity contribution in [1.82, 2.24) is 10.3 Å². The van der Waals surface area contributed by atoms with Gasteiger partial charge in [0.25, 0.3) is 0 Å². The molecule has 1 aromatic heterocycles. The van der Waals surface area contributed by atoms with Gasteiger partial charge in [-0.05, 0) is 30.4 Å². The van der Waals surface area contributed by atoms with Gasteiger partial charge in [-0.15, -0.1) is 0 Å². The largest absolute Gasteiger partial charge is 0.393 e. The molecule has 1 atom stereocenters. The van der Waals surface area contributed by atoms with E-state index in [9.17, 15) is 5.11 Å². The Morgan fingerprint density at radius 2 is 2.18 bits per heavy atom. The molecule has 0 amide bonds. The minimum Gasteiger partial charge on any atom is -0.393 e. The number of hydrogen-bond donors (Lipinski definition) is 2. The lowest BCUT2D eigenvalue weighted by Crippen LogP contribution is -2.31. The van der Waals surface area contributed by atoms with Crippen LogP contribution in [0, 0.1) is 5.41 Å². The number of halogens is 1. The quantitative estimate of drug-likeness (QED) is 0.769. The summed E-state index contributed by atoms with van der Waals surface area (Å²) in [4.78, 5) is 4.03. The van der Waals surface area contributed by atoms with Gasteiger partial charge in [-0.2, -0.15) is 0 Å². The Balaban J connectivity index is 2.34. The third-order valence-corrected chi connectivity index (χ3v) is 2.79. The molecule has 0 aliphatic rings. The molecule has 0 spiro atoms. The van der Waals surface area contributed by atoms with E-state index in [0.717, 1.165) is 25.1 Å². The van der Waals surface area contributed by atoms with E-state index in [-0.39, 0.29) is 11.5 Å². The summed E-state index contributed by atoms with van der Waals surface area (Å²) in [6.07, 6.45) is 2.31. The van der Waals surface area contributed by atoms with E-state index in [2.05, 4.69) is 24.1 Å². The molecule has 4 heteroatoms. The number of nitrogens with zero attached hydrogens (tertiary/aromatic N) is 1. The Bertz CT molecular complexity index is 336. The van der Waals surface area contributed by atoms with Gasteiger partial charge in [-0.1, -0.05) is 31.5 Å². The summed E-state index contributed by atoms with van der Waals surface area (Å²) in [5.41, 5.74) is 1.20. The zero-order valence-electron chi connectivity index (χ0n) is 10.7. The first-order chi connectivity index (χ1) is 7.89. The average Bonchev–Trinajstić information content (AvgIpc) is 2.18. The van der Waals surface area contributed by atoms with E-state index in [0.29, 0.717) is 5.15 Å². The summed E-state index contributed by atoms with van der Waals surface area (Å²) in [6.45, 7) is 7.75. The first kappa shape index (κ1) is 14.4. The molecule has 1 unspecified atom stereocenters. The van der Waals surface area contributed by atoms with Gasteiger partial charge in [0.1, 0.15) is 5.15 Å². The normalized spacial score (nSPS) is 13.7. The Morgan fingerprint density at radius 3 is 2.71 bits per heavy atom. The Labute approximate surface area is 108 Å². The van der Waals surface area contributed by atoms with Crippen LogP contribution in [0.4, 0.5) is 0 Å². The van der Waals surface area contributed by atoms with Crippen LogP contribution in [0.15, 0.2) is 18.3 Å². The van der Waals surface area contributed by atoms with Gasteiger partial charge in [-0.25, -0.2) is 4.98 Å². The second-order valence-corrected chi connectivity index (χ2v) is 5.70. The second-order valence-electron chi connectivity index (χ2n) is 5.31. The highest BCUT2D eigenvalue weighted by Crippen LogP contribution is 2.21. The molecular weight excluding hydrogens is 236 g/mol. The summed E-state index contributed by atoms with van der Waals surface area (Å²) in [7, 11) is 0. The molecule has 3 nitrogen and oxygen atoms in total. The van der Waals surface area contributed by atoms with Crippen molar-refractivity contribution in [2.24, 2.45) is 5.41 Å². The van der Waals surface area contributed by atoms with E-state index in [1.807, 2.05) is 13.0 Å². The van der Waals surface area contributed by atoms with Crippen LogP contribution in [0.2, 0.25) is 5.15 Å². The smallest absolute Gasteiger partial charge is 0.129 e. The third-order valence-electron chi connectivity index (χ3n) is 2.57. The minimum atomic E-state index is -0.260. The van der Waals surface area contributed by atoms with Crippen molar-refractivity contribution in [3.05, 3.63) is 29.0 Å². The lowest BCUT2D eigenvalue weighted by atomic mass is 9.87. The zero-order chi connectivity index (χ0) is 12.9. The molecule has 1 heterocycles. The van der Waals surface area contributed by atoms with Crippen molar-refractivity contribution in [2.45, 2.75) is 39.8 Å². The van der Waals surface area contributed by atoms with Gasteiger partial charge in [0, 0.05) is 19.3 Å². The first-order valence-corrected chi connectivity index (χ1v) is 6.26. The molecule has 0 fully saturated rings. The third kappa shape index (κ3) is 6.01. The summed E-state index contributed by atoms with van der Waals surface area (Å²) < 4.78 is 0. The predicted molar refractivity (Wildman–Crippen MR) is 71.0 cm³/mol. The maximum Gasteiger partial charge on any atom is 0.129 e. The summed E-state index contributed by atoms with van der Waals surface area (Å²) in [5, 5.41) is 13.3. The van der Waals surface area contributed by atoms with Crippen LogP contribution in [0.1, 0.15) is 32.8 Å². The number of aliphatic hydroxyl groups excluding tert-OH is 1. The number of hydrogen-bond acceptors (Lipinski definition) is 3.